The molecule has 1 aromatic heterocycles. The van der Waals surface area contributed by atoms with E-state index < -0.39 is 0 Å². The van der Waals surface area contributed by atoms with Crippen LogP contribution < -0.4 is 10.6 Å². The van der Waals surface area contributed by atoms with Crippen molar-refractivity contribution in [3.8, 4) is 11.8 Å². The highest BCUT2D eigenvalue weighted by atomic mass is 16.2. The van der Waals surface area contributed by atoms with Crippen molar-refractivity contribution in [1.29, 1.82) is 0 Å². The number of hydrogen-bond donors (Lipinski definition) is 1. The highest BCUT2D eigenvalue weighted by Crippen LogP contribution is 2.20. The van der Waals surface area contributed by atoms with Gasteiger partial charge in [-0.15, -0.1) is 0 Å². The van der Waals surface area contributed by atoms with E-state index in [-0.39, 0.29) is 18.4 Å². The predicted molar refractivity (Wildman–Crippen MR) is 71.1 cm³/mol. The molecule has 2 amide bonds. The average Bonchev–Trinajstić information content (AvgIpc) is 2.58. The van der Waals surface area contributed by atoms with Crippen molar-refractivity contribution in [3.05, 3.63) is 23.9 Å². The standard InChI is InChI=1S/C14H15N3O2/c15-8-3-4-11-7-9-16-12(10-11)17-13(18)5-1-2-6-14(17)19/h7,9-10H,1-2,5-6,8,15H2. The maximum atomic E-state index is 12.0. The molecule has 19 heavy (non-hydrogen) atoms. The number of carbonyl (C=O) groups is 2. The minimum absolute atomic E-state index is 0.195. The molecule has 0 bridgehead atoms. The van der Waals surface area contributed by atoms with Gasteiger partial charge in [-0.1, -0.05) is 11.8 Å². The monoisotopic (exact) mass is 257 g/mol. The largest absolute Gasteiger partial charge is 0.320 e. The van der Waals surface area contributed by atoms with Gasteiger partial charge in [0.05, 0.1) is 6.54 Å². The second-order valence-corrected chi connectivity index (χ2v) is 4.24. The molecular weight excluding hydrogens is 242 g/mol. The summed E-state index contributed by atoms with van der Waals surface area (Å²) in [5.41, 5.74) is 6.01. The number of amides is 2. The van der Waals surface area contributed by atoms with E-state index in [1.165, 1.54) is 4.90 Å². The summed E-state index contributed by atoms with van der Waals surface area (Å²) >= 11 is 0. The molecule has 0 aliphatic carbocycles. The molecule has 0 radical (unpaired) electrons. The summed E-state index contributed by atoms with van der Waals surface area (Å²) in [6.07, 6.45) is 3.79. The van der Waals surface area contributed by atoms with E-state index in [0.29, 0.717) is 24.2 Å². The Hall–Kier alpha value is -2.19. The summed E-state index contributed by atoms with van der Waals surface area (Å²) < 4.78 is 0. The van der Waals surface area contributed by atoms with Crippen molar-refractivity contribution < 1.29 is 9.59 Å². The lowest BCUT2D eigenvalue weighted by atomic mass is 10.2. The van der Waals surface area contributed by atoms with Crippen LogP contribution in [0.1, 0.15) is 31.2 Å². The molecule has 1 aromatic rings. The van der Waals surface area contributed by atoms with Crippen LogP contribution in [0.25, 0.3) is 0 Å². The van der Waals surface area contributed by atoms with Crippen molar-refractivity contribution in [2.45, 2.75) is 25.7 Å². The second-order valence-electron chi connectivity index (χ2n) is 4.24. The number of imide groups is 1. The molecule has 0 spiro atoms. The van der Waals surface area contributed by atoms with Crippen molar-refractivity contribution in [2.75, 3.05) is 11.4 Å². The van der Waals surface area contributed by atoms with Crippen LogP contribution in [0.4, 0.5) is 5.82 Å². The van der Waals surface area contributed by atoms with Crippen LogP contribution in [-0.4, -0.2) is 23.3 Å². The number of anilines is 1. The van der Waals surface area contributed by atoms with Crippen LogP contribution in [0.15, 0.2) is 18.3 Å². The topological polar surface area (TPSA) is 76.3 Å². The lowest BCUT2D eigenvalue weighted by Gasteiger charge is -2.17. The maximum Gasteiger partial charge on any atom is 0.234 e. The molecule has 0 unspecified atom stereocenters. The van der Waals surface area contributed by atoms with Crippen LogP contribution in [0.3, 0.4) is 0 Å². The highest BCUT2D eigenvalue weighted by molar-refractivity contribution is 6.14. The van der Waals surface area contributed by atoms with Crippen molar-refractivity contribution in [2.24, 2.45) is 5.73 Å². The van der Waals surface area contributed by atoms with Gasteiger partial charge < -0.3 is 5.73 Å². The van der Waals surface area contributed by atoms with Gasteiger partial charge in [0, 0.05) is 24.6 Å². The molecule has 0 atom stereocenters. The van der Waals surface area contributed by atoms with E-state index in [2.05, 4.69) is 16.8 Å². The Bertz CT molecular complexity index is 539. The van der Waals surface area contributed by atoms with Gasteiger partial charge in [0.25, 0.3) is 0 Å². The number of nitrogens with zero attached hydrogens (tertiary/aromatic N) is 2. The predicted octanol–water partition coefficient (Wildman–Crippen LogP) is 0.825. The van der Waals surface area contributed by atoms with Crippen LogP contribution in [-0.2, 0) is 9.59 Å². The third-order valence-electron chi connectivity index (χ3n) is 2.84. The Morgan fingerprint density at radius 1 is 1.26 bits per heavy atom. The molecule has 0 aromatic carbocycles. The molecule has 5 nitrogen and oxygen atoms in total. The second kappa shape index (κ2) is 6.12. The Morgan fingerprint density at radius 3 is 2.58 bits per heavy atom. The van der Waals surface area contributed by atoms with Gasteiger partial charge in [0.15, 0.2) is 0 Å². The lowest BCUT2D eigenvalue weighted by Crippen LogP contribution is -2.35. The summed E-state index contributed by atoms with van der Waals surface area (Å²) in [5, 5.41) is 0. The van der Waals surface area contributed by atoms with Crippen molar-refractivity contribution in [1.82, 2.24) is 4.98 Å². The average molecular weight is 257 g/mol. The first kappa shape index (κ1) is 13.2. The molecule has 1 fully saturated rings. The van der Waals surface area contributed by atoms with Gasteiger partial charge in [-0.25, -0.2) is 9.88 Å². The third-order valence-corrected chi connectivity index (χ3v) is 2.84. The number of pyridine rings is 1. The van der Waals surface area contributed by atoms with Gasteiger partial charge in [0.1, 0.15) is 5.82 Å². The summed E-state index contributed by atoms with van der Waals surface area (Å²) in [5.74, 6) is 5.55. The van der Waals surface area contributed by atoms with Crippen LogP contribution in [0.5, 0.6) is 0 Å². The summed E-state index contributed by atoms with van der Waals surface area (Å²) in [7, 11) is 0. The summed E-state index contributed by atoms with van der Waals surface area (Å²) in [4.78, 5) is 29.2. The van der Waals surface area contributed by atoms with Crippen molar-refractivity contribution >= 4 is 17.6 Å². The zero-order chi connectivity index (χ0) is 13.7. The molecule has 5 heteroatoms. The lowest BCUT2D eigenvalue weighted by molar-refractivity contribution is -0.125. The zero-order valence-electron chi connectivity index (χ0n) is 10.6. The van der Waals surface area contributed by atoms with Gasteiger partial charge in [-0.3, -0.25) is 9.59 Å². The Morgan fingerprint density at radius 2 is 1.95 bits per heavy atom. The normalized spacial score (nSPS) is 15.7. The summed E-state index contributed by atoms with van der Waals surface area (Å²) in [6.45, 7) is 0.263. The Kier molecular flexibility index (Phi) is 4.26. The quantitative estimate of drug-likeness (QED) is 0.597. The van der Waals surface area contributed by atoms with Gasteiger partial charge >= 0.3 is 0 Å². The SMILES string of the molecule is NCC#Cc1ccnc(N2C(=O)CCCCC2=O)c1. The molecule has 1 saturated heterocycles. The molecule has 2 heterocycles. The number of rotatable bonds is 1. The first-order chi connectivity index (χ1) is 9.22. The maximum absolute atomic E-state index is 12.0. The molecular formula is C14H15N3O2. The molecule has 1 aliphatic rings. The number of aromatic nitrogens is 1. The minimum Gasteiger partial charge on any atom is -0.320 e. The molecule has 0 saturated carbocycles. The molecule has 2 rings (SSSR count). The van der Waals surface area contributed by atoms with Crippen molar-refractivity contribution in [3.63, 3.8) is 0 Å². The number of hydrogen-bond acceptors (Lipinski definition) is 4. The third kappa shape index (κ3) is 3.18. The van der Waals surface area contributed by atoms with Crippen LogP contribution in [0.2, 0.25) is 0 Å². The highest BCUT2D eigenvalue weighted by Gasteiger charge is 2.26. The first-order valence-corrected chi connectivity index (χ1v) is 6.23. The zero-order valence-corrected chi connectivity index (χ0v) is 10.6. The molecule has 98 valence electrons. The first-order valence-electron chi connectivity index (χ1n) is 6.23. The van der Waals surface area contributed by atoms with E-state index in [9.17, 15) is 9.59 Å². The Balaban J connectivity index is 2.33. The Labute approximate surface area is 111 Å². The van der Waals surface area contributed by atoms with Gasteiger partial charge in [0.2, 0.25) is 11.8 Å². The van der Waals surface area contributed by atoms with E-state index in [0.717, 1.165) is 12.8 Å². The van der Waals surface area contributed by atoms with Gasteiger partial charge in [-0.2, -0.15) is 0 Å². The van der Waals surface area contributed by atoms with E-state index in [1.807, 2.05) is 0 Å². The fraction of sp³-hybridized carbons (Fsp3) is 0.357. The van der Waals surface area contributed by atoms with Crippen LogP contribution in [0, 0.1) is 11.8 Å². The van der Waals surface area contributed by atoms with E-state index >= 15 is 0 Å². The van der Waals surface area contributed by atoms with E-state index in [1.54, 1.807) is 18.3 Å². The van der Waals surface area contributed by atoms with Crippen LogP contribution >= 0.6 is 0 Å². The van der Waals surface area contributed by atoms with E-state index in [4.69, 9.17) is 5.73 Å². The number of carbonyl (C=O) groups excluding carboxylic acids is 2. The fourth-order valence-electron chi connectivity index (χ4n) is 1.94. The smallest absolute Gasteiger partial charge is 0.234 e. The number of nitrogens with two attached hydrogens (primary N) is 1. The molecule has 1 aliphatic heterocycles. The van der Waals surface area contributed by atoms with Gasteiger partial charge in [-0.05, 0) is 25.0 Å². The summed E-state index contributed by atoms with van der Waals surface area (Å²) in [6, 6.07) is 3.36. The fourth-order valence-corrected chi connectivity index (χ4v) is 1.94. The minimum atomic E-state index is -0.195. The molecule has 2 N–H and O–H groups in total.